The van der Waals surface area contributed by atoms with E-state index in [1.54, 1.807) is 29.3 Å². The van der Waals surface area contributed by atoms with Gasteiger partial charge >= 0.3 is 0 Å². The molecule has 5 rings (SSSR count). The van der Waals surface area contributed by atoms with Gasteiger partial charge in [-0.2, -0.15) is 0 Å². The van der Waals surface area contributed by atoms with Gasteiger partial charge in [0, 0.05) is 45.0 Å². The second-order valence-electron chi connectivity index (χ2n) is 9.66. The van der Waals surface area contributed by atoms with Crippen molar-refractivity contribution in [3.8, 4) is 0 Å². The third-order valence-corrected chi connectivity index (χ3v) is 7.18. The van der Waals surface area contributed by atoms with Crippen LogP contribution in [0.15, 0.2) is 35.0 Å². The Morgan fingerprint density at radius 1 is 1.11 bits per heavy atom. The summed E-state index contributed by atoms with van der Waals surface area (Å²) in [6.07, 6.45) is 5.74. The first kappa shape index (κ1) is 25.9. The number of nitrogens with zero attached hydrogens (tertiary/aromatic N) is 4. The predicted molar refractivity (Wildman–Crippen MR) is 142 cm³/mol. The van der Waals surface area contributed by atoms with Crippen molar-refractivity contribution in [1.29, 1.82) is 0 Å². The van der Waals surface area contributed by atoms with Crippen LogP contribution in [0.3, 0.4) is 0 Å². The molecular weight excluding hydrogens is 512 g/mol. The van der Waals surface area contributed by atoms with Gasteiger partial charge in [0.25, 0.3) is 5.91 Å². The summed E-state index contributed by atoms with van der Waals surface area (Å²) in [6.45, 7) is 1.24. The highest BCUT2D eigenvalue weighted by Gasteiger charge is 2.34. The highest BCUT2D eigenvalue weighted by Crippen LogP contribution is 2.38. The molecule has 11 nitrogen and oxygen atoms in total. The van der Waals surface area contributed by atoms with E-state index in [-0.39, 0.29) is 41.8 Å². The Hall–Kier alpha value is -3.70. The number of halogens is 1. The van der Waals surface area contributed by atoms with Crippen LogP contribution in [0.5, 0.6) is 0 Å². The van der Waals surface area contributed by atoms with E-state index in [0.29, 0.717) is 53.6 Å². The molecule has 2 aliphatic rings. The minimum Gasteiger partial charge on any atom is -0.448 e. The van der Waals surface area contributed by atoms with Gasteiger partial charge < -0.3 is 29.6 Å². The Labute approximate surface area is 224 Å². The number of aromatic nitrogens is 2. The second kappa shape index (κ2) is 11.0. The van der Waals surface area contributed by atoms with Crippen molar-refractivity contribution < 1.29 is 23.5 Å². The number of hydrogen-bond acceptors (Lipinski definition) is 8. The van der Waals surface area contributed by atoms with E-state index >= 15 is 0 Å². The molecule has 2 fully saturated rings. The van der Waals surface area contributed by atoms with Crippen LogP contribution < -0.4 is 15.5 Å². The lowest BCUT2D eigenvalue weighted by molar-refractivity contribution is -0.146. The van der Waals surface area contributed by atoms with Crippen molar-refractivity contribution in [1.82, 2.24) is 14.9 Å². The largest absolute Gasteiger partial charge is 0.448 e. The fourth-order valence-corrected chi connectivity index (χ4v) is 5.17. The molecule has 38 heavy (non-hydrogen) atoms. The Balaban J connectivity index is 1.38. The van der Waals surface area contributed by atoms with Gasteiger partial charge in [0.15, 0.2) is 0 Å². The summed E-state index contributed by atoms with van der Waals surface area (Å²) < 4.78 is 11.2. The first-order chi connectivity index (χ1) is 18.3. The van der Waals surface area contributed by atoms with Crippen LogP contribution in [0, 0.1) is 5.92 Å². The molecule has 3 aromatic heterocycles. The fraction of sp³-hybridized carbons (Fsp3) is 0.423. The number of amides is 3. The summed E-state index contributed by atoms with van der Waals surface area (Å²) >= 11 is 5.90. The summed E-state index contributed by atoms with van der Waals surface area (Å²) in [5.41, 5.74) is 0.682. The molecule has 0 radical (unpaired) electrons. The number of fused-ring (bicyclic) bond motifs is 1. The minimum atomic E-state index is -0.564. The van der Waals surface area contributed by atoms with E-state index in [1.807, 2.05) is 19.0 Å². The molecular formula is C26H29ClN6O5. The Bertz CT molecular complexity index is 1350. The van der Waals surface area contributed by atoms with E-state index in [2.05, 4.69) is 20.6 Å². The number of carbonyl (C=O) groups excluding carboxylic acids is 3. The Morgan fingerprint density at radius 3 is 2.58 bits per heavy atom. The molecule has 3 amide bonds. The summed E-state index contributed by atoms with van der Waals surface area (Å²) in [5.74, 6) is -0.228. The molecule has 0 bridgehead atoms. The second-order valence-corrected chi connectivity index (χ2v) is 10.1. The van der Waals surface area contributed by atoms with E-state index in [0.717, 1.165) is 12.8 Å². The highest BCUT2D eigenvalue weighted by molar-refractivity contribution is 6.30. The molecule has 0 spiro atoms. The molecule has 1 saturated heterocycles. The van der Waals surface area contributed by atoms with Crippen LogP contribution >= 0.6 is 11.6 Å². The number of nitrogens with one attached hydrogen (secondary N) is 2. The van der Waals surface area contributed by atoms with Gasteiger partial charge in [-0.05, 0) is 43.9 Å². The lowest BCUT2D eigenvalue weighted by Gasteiger charge is -2.38. The zero-order valence-electron chi connectivity index (χ0n) is 21.2. The van der Waals surface area contributed by atoms with Crippen molar-refractivity contribution in [3.05, 3.63) is 41.4 Å². The summed E-state index contributed by atoms with van der Waals surface area (Å²) in [4.78, 5) is 51.2. The Kier molecular flexibility index (Phi) is 7.48. The molecule has 0 atom stereocenters. The zero-order valence-corrected chi connectivity index (χ0v) is 22.0. The minimum absolute atomic E-state index is 0.00330. The number of pyridine rings is 2. The average molecular weight is 541 g/mol. The molecule has 1 aliphatic carbocycles. The van der Waals surface area contributed by atoms with Gasteiger partial charge in [0.1, 0.15) is 29.5 Å². The van der Waals surface area contributed by atoms with Crippen LogP contribution in [-0.2, 0) is 14.3 Å². The quantitative estimate of drug-likeness (QED) is 0.485. The normalized spacial score (nSPS) is 19.9. The van der Waals surface area contributed by atoms with Gasteiger partial charge in [-0.1, -0.05) is 11.6 Å². The first-order valence-corrected chi connectivity index (χ1v) is 12.9. The fourth-order valence-electron chi connectivity index (χ4n) is 5.06. The third kappa shape index (κ3) is 5.30. The van der Waals surface area contributed by atoms with Crippen LogP contribution in [0.4, 0.5) is 17.3 Å². The molecule has 3 aromatic rings. The smallest absolute Gasteiger partial charge is 0.294 e. The van der Waals surface area contributed by atoms with E-state index in [9.17, 15) is 14.4 Å². The third-order valence-electron chi connectivity index (χ3n) is 6.96. The van der Waals surface area contributed by atoms with Gasteiger partial charge in [0.2, 0.25) is 17.6 Å². The molecule has 0 unspecified atom stereocenters. The van der Waals surface area contributed by atoms with Crippen molar-refractivity contribution >= 4 is 57.6 Å². The topological polar surface area (TPSA) is 130 Å². The summed E-state index contributed by atoms with van der Waals surface area (Å²) in [6, 6.07) is 4.95. The van der Waals surface area contributed by atoms with Crippen molar-refractivity contribution in [2.75, 3.05) is 49.4 Å². The van der Waals surface area contributed by atoms with E-state index < -0.39 is 5.91 Å². The number of morpholine rings is 1. The molecule has 2 N–H and O–H groups in total. The van der Waals surface area contributed by atoms with Gasteiger partial charge in [-0.3, -0.25) is 14.4 Å². The molecule has 4 heterocycles. The standard InChI is InChI=1S/C26H29ClN6O5/c1-32(2)24-21-18(9-10-28-24)38-23(26(36)30-19-8-5-16(27)13-29-19)22(21)31-25(35)15-3-6-17(7-4-15)33-11-12-37-14-20(33)34/h5,8-10,13,15,17H,3-4,6-7,11-12,14H2,1-2H3,(H,31,35)(H,29,30,36)/t15-,17-. The number of anilines is 3. The monoisotopic (exact) mass is 540 g/mol. The van der Waals surface area contributed by atoms with Crippen LogP contribution in [0.1, 0.15) is 36.2 Å². The van der Waals surface area contributed by atoms with Gasteiger partial charge in [-0.15, -0.1) is 0 Å². The summed E-state index contributed by atoms with van der Waals surface area (Å²) in [5, 5.41) is 6.65. The number of ether oxygens (including phenoxy) is 1. The number of hydrogen-bond donors (Lipinski definition) is 2. The molecule has 1 saturated carbocycles. The first-order valence-electron chi connectivity index (χ1n) is 12.5. The SMILES string of the molecule is CN(C)c1nccc2oc(C(=O)Nc3ccc(Cl)cn3)c(NC(=O)[C@H]3CC[C@H](N4CCOCC4=O)CC3)c12. The van der Waals surface area contributed by atoms with Crippen molar-refractivity contribution in [2.24, 2.45) is 5.92 Å². The molecule has 1 aliphatic heterocycles. The highest BCUT2D eigenvalue weighted by atomic mass is 35.5. The van der Waals surface area contributed by atoms with Gasteiger partial charge in [0.05, 0.1) is 17.0 Å². The number of rotatable bonds is 6. The van der Waals surface area contributed by atoms with E-state index in [4.69, 9.17) is 20.8 Å². The number of furan rings is 1. The van der Waals surface area contributed by atoms with Crippen molar-refractivity contribution in [3.63, 3.8) is 0 Å². The maximum absolute atomic E-state index is 13.5. The predicted octanol–water partition coefficient (Wildman–Crippen LogP) is 3.55. The molecule has 0 aromatic carbocycles. The van der Waals surface area contributed by atoms with Crippen LogP contribution in [0.25, 0.3) is 11.0 Å². The average Bonchev–Trinajstić information content (AvgIpc) is 3.29. The van der Waals surface area contributed by atoms with Crippen LogP contribution in [0.2, 0.25) is 5.02 Å². The summed E-state index contributed by atoms with van der Waals surface area (Å²) in [7, 11) is 3.65. The van der Waals surface area contributed by atoms with Gasteiger partial charge in [-0.25, -0.2) is 9.97 Å². The maximum atomic E-state index is 13.5. The Morgan fingerprint density at radius 2 is 1.89 bits per heavy atom. The molecule has 12 heteroatoms. The zero-order chi connectivity index (χ0) is 26.8. The van der Waals surface area contributed by atoms with E-state index in [1.165, 1.54) is 6.20 Å². The lowest BCUT2D eigenvalue weighted by atomic mass is 9.84. The van der Waals surface area contributed by atoms with Crippen molar-refractivity contribution in [2.45, 2.75) is 31.7 Å². The van der Waals surface area contributed by atoms with Crippen LogP contribution in [-0.4, -0.2) is 72.5 Å². The number of carbonyl (C=O) groups is 3. The maximum Gasteiger partial charge on any atom is 0.294 e. The lowest BCUT2D eigenvalue weighted by Crippen LogP contribution is -2.49. The molecule has 200 valence electrons.